The molecule has 0 saturated carbocycles. The summed E-state index contributed by atoms with van der Waals surface area (Å²) in [6.07, 6.45) is 0. The van der Waals surface area contributed by atoms with E-state index in [-0.39, 0.29) is 12.7 Å². The van der Waals surface area contributed by atoms with Gasteiger partial charge in [-0.25, -0.2) is 0 Å². The van der Waals surface area contributed by atoms with Gasteiger partial charge in [0.15, 0.2) is 11.5 Å². The van der Waals surface area contributed by atoms with Crippen LogP contribution in [-0.2, 0) is 13.2 Å². The number of aryl methyl sites for hydroxylation is 2. The Balaban J connectivity index is 1.16. The van der Waals surface area contributed by atoms with Crippen LogP contribution in [0.4, 0.5) is 0 Å². The molecule has 172 valence electrons. The molecule has 8 heteroatoms. The van der Waals surface area contributed by atoms with Gasteiger partial charge in [0.1, 0.15) is 18.1 Å². The smallest absolute Gasteiger partial charge is 0.254 e. The van der Waals surface area contributed by atoms with E-state index >= 15 is 0 Å². The Kier molecular flexibility index (Phi) is 5.92. The van der Waals surface area contributed by atoms with Crippen LogP contribution in [0, 0.1) is 13.8 Å². The van der Waals surface area contributed by atoms with E-state index in [9.17, 15) is 4.79 Å². The molecule has 0 spiro atoms. The Hall–Kier alpha value is -3.52. The second-order valence-corrected chi connectivity index (χ2v) is 8.38. The average molecular weight is 450 g/mol. The van der Waals surface area contributed by atoms with E-state index < -0.39 is 0 Å². The number of aromatic nitrogens is 1. The number of carbonyl (C=O) groups is 1. The first-order valence-electron chi connectivity index (χ1n) is 11.1. The second kappa shape index (κ2) is 9.15. The number of benzene rings is 2. The van der Waals surface area contributed by atoms with Crippen molar-refractivity contribution in [3.8, 4) is 17.2 Å². The van der Waals surface area contributed by atoms with Crippen LogP contribution in [-0.4, -0.2) is 53.8 Å². The van der Waals surface area contributed by atoms with Crippen molar-refractivity contribution in [2.75, 3.05) is 33.0 Å². The maximum Gasteiger partial charge on any atom is 0.254 e. The van der Waals surface area contributed by atoms with Crippen LogP contribution >= 0.6 is 0 Å². The van der Waals surface area contributed by atoms with Crippen molar-refractivity contribution in [3.63, 3.8) is 0 Å². The SMILES string of the molecule is Cc1noc(C)c1COc1cccc(C(=O)N2CCN(Cc3ccc4c(c3)OCO4)CC2)c1. The number of carbonyl (C=O) groups excluding carboxylic acids is 1. The lowest BCUT2D eigenvalue weighted by Gasteiger charge is -2.34. The van der Waals surface area contributed by atoms with Crippen LogP contribution < -0.4 is 14.2 Å². The Morgan fingerprint density at radius 1 is 1.03 bits per heavy atom. The monoisotopic (exact) mass is 449 g/mol. The predicted octanol–water partition coefficient (Wildman–Crippen LogP) is 3.56. The molecule has 1 fully saturated rings. The lowest BCUT2D eigenvalue weighted by Crippen LogP contribution is -2.48. The van der Waals surface area contributed by atoms with Crippen molar-refractivity contribution >= 4 is 5.91 Å². The number of hydrogen-bond acceptors (Lipinski definition) is 7. The van der Waals surface area contributed by atoms with Crippen LogP contribution in [0.1, 0.15) is 32.9 Å². The van der Waals surface area contributed by atoms with E-state index in [2.05, 4.69) is 16.1 Å². The van der Waals surface area contributed by atoms with Crippen molar-refractivity contribution in [2.24, 2.45) is 0 Å². The molecule has 0 atom stereocenters. The van der Waals surface area contributed by atoms with Crippen LogP contribution in [0.15, 0.2) is 47.0 Å². The highest BCUT2D eigenvalue weighted by molar-refractivity contribution is 5.94. The molecule has 3 aromatic rings. The fourth-order valence-electron chi connectivity index (χ4n) is 4.17. The van der Waals surface area contributed by atoms with E-state index in [1.807, 2.05) is 49.1 Å². The van der Waals surface area contributed by atoms with E-state index in [0.29, 0.717) is 31.0 Å². The lowest BCUT2D eigenvalue weighted by molar-refractivity contribution is 0.0628. The number of rotatable bonds is 6. The summed E-state index contributed by atoms with van der Waals surface area (Å²) in [5.41, 5.74) is 3.57. The molecule has 0 aliphatic carbocycles. The molecule has 0 unspecified atom stereocenters. The zero-order valence-electron chi connectivity index (χ0n) is 18.9. The molecular formula is C25H27N3O5. The molecule has 2 aromatic carbocycles. The molecule has 0 bridgehead atoms. The Bertz CT molecular complexity index is 1130. The van der Waals surface area contributed by atoms with Crippen LogP contribution in [0.5, 0.6) is 17.2 Å². The first kappa shape index (κ1) is 21.3. The summed E-state index contributed by atoms with van der Waals surface area (Å²) in [4.78, 5) is 17.3. The number of fused-ring (bicyclic) bond motifs is 1. The average Bonchev–Trinajstić information content (AvgIpc) is 3.43. The summed E-state index contributed by atoms with van der Waals surface area (Å²) in [5.74, 6) is 3.03. The van der Waals surface area contributed by atoms with Crippen molar-refractivity contribution < 1.29 is 23.5 Å². The molecule has 0 N–H and O–H groups in total. The highest BCUT2D eigenvalue weighted by atomic mass is 16.7. The summed E-state index contributed by atoms with van der Waals surface area (Å²) >= 11 is 0. The van der Waals surface area contributed by atoms with Gasteiger partial charge in [-0.3, -0.25) is 9.69 Å². The van der Waals surface area contributed by atoms with Crippen molar-refractivity contribution in [1.82, 2.24) is 15.0 Å². The van der Waals surface area contributed by atoms with E-state index in [0.717, 1.165) is 48.2 Å². The number of ether oxygens (including phenoxy) is 3. The summed E-state index contributed by atoms with van der Waals surface area (Å²) in [5, 5.41) is 3.95. The van der Waals surface area contributed by atoms with Gasteiger partial charge in [-0.15, -0.1) is 0 Å². The van der Waals surface area contributed by atoms with Gasteiger partial charge >= 0.3 is 0 Å². The van der Waals surface area contributed by atoms with Crippen molar-refractivity contribution in [1.29, 1.82) is 0 Å². The summed E-state index contributed by atoms with van der Waals surface area (Å²) in [7, 11) is 0. The van der Waals surface area contributed by atoms with Gasteiger partial charge in [0, 0.05) is 38.3 Å². The Morgan fingerprint density at radius 2 is 1.85 bits per heavy atom. The van der Waals surface area contributed by atoms with E-state index in [4.69, 9.17) is 18.7 Å². The fourth-order valence-corrected chi connectivity index (χ4v) is 4.17. The normalized spacial score (nSPS) is 15.6. The zero-order valence-corrected chi connectivity index (χ0v) is 18.9. The molecule has 8 nitrogen and oxygen atoms in total. The minimum atomic E-state index is 0.0283. The fraction of sp³-hybridized carbons (Fsp3) is 0.360. The predicted molar refractivity (Wildman–Crippen MR) is 120 cm³/mol. The highest BCUT2D eigenvalue weighted by Gasteiger charge is 2.23. The Morgan fingerprint density at radius 3 is 2.64 bits per heavy atom. The third-order valence-electron chi connectivity index (χ3n) is 6.15. The molecular weight excluding hydrogens is 422 g/mol. The third kappa shape index (κ3) is 4.66. The number of nitrogens with zero attached hydrogens (tertiary/aromatic N) is 3. The van der Waals surface area contributed by atoms with Gasteiger partial charge in [-0.1, -0.05) is 17.3 Å². The lowest BCUT2D eigenvalue weighted by atomic mass is 10.1. The molecule has 1 amide bonds. The quantitative estimate of drug-likeness (QED) is 0.569. The molecule has 0 radical (unpaired) electrons. The molecule has 1 saturated heterocycles. The number of amides is 1. The van der Waals surface area contributed by atoms with Crippen molar-refractivity contribution in [3.05, 3.63) is 70.6 Å². The summed E-state index contributed by atoms with van der Waals surface area (Å²) < 4.78 is 21.9. The van der Waals surface area contributed by atoms with Gasteiger partial charge in [-0.05, 0) is 49.7 Å². The summed E-state index contributed by atoms with van der Waals surface area (Å²) in [6.45, 7) is 8.24. The molecule has 1 aromatic heterocycles. The largest absolute Gasteiger partial charge is 0.489 e. The van der Waals surface area contributed by atoms with Gasteiger partial charge < -0.3 is 23.6 Å². The van der Waals surface area contributed by atoms with Crippen LogP contribution in [0.25, 0.3) is 0 Å². The van der Waals surface area contributed by atoms with Gasteiger partial charge in [0.2, 0.25) is 6.79 Å². The van der Waals surface area contributed by atoms with Crippen LogP contribution in [0.3, 0.4) is 0 Å². The van der Waals surface area contributed by atoms with Gasteiger partial charge in [-0.2, -0.15) is 0 Å². The molecule has 2 aliphatic rings. The number of piperazine rings is 1. The standard InChI is InChI=1S/C25H27N3O5/c1-17-22(18(2)33-26-17)15-30-21-5-3-4-20(13-21)25(29)28-10-8-27(9-11-28)14-19-6-7-23-24(12-19)32-16-31-23/h3-7,12-13H,8-11,14-16H2,1-2H3. The van der Waals surface area contributed by atoms with Crippen LogP contribution in [0.2, 0.25) is 0 Å². The molecule has 5 rings (SSSR count). The Labute approximate surface area is 192 Å². The number of hydrogen-bond donors (Lipinski definition) is 0. The molecule has 3 heterocycles. The minimum Gasteiger partial charge on any atom is -0.489 e. The van der Waals surface area contributed by atoms with Gasteiger partial charge in [0.25, 0.3) is 5.91 Å². The highest BCUT2D eigenvalue weighted by Crippen LogP contribution is 2.33. The summed E-state index contributed by atoms with van der Waals surface area (Å²) in [6, 6.07) is 13.4. The first-order valence-corrected chi connectivity index (χ1v) is 11.1. The minimum absolute atomic E-state index is 0.0283. The molecule has 2 aliphatic heterocycles. The van der Waals surface area contributed by atoms with Gasteiger partial charge in [0.05, 0.1) is 11.3 Å². The first-order chi connectivity index (χ1) is 16.1. The van der Waals surface area contributed by atoms with Crippen molar-refractivity contribution in [2.45, 2.75) is 27.0 Å². The maximum absolute atomic E-state index is 13.1. The molecule has 33 heavy (non-hydrogen) atoms. The van der Waals surface area contributed by atoms with E-state index in [1.165, 1.54) is 5.56 Å². The third-order valence-corrected chi connectivity index (χ3v) is 6.15. The maximum atomic E-state index is 13.1. The topological polar surface area (TPSA) is 77.3 Å². The van der Waals surface area contributed by atoms with E-state index in [1.54, 1.807) is 6.07 Å². The zero-order chi connectivity index (χ0) is 22.8. The second-order valence-electron chi connectivity index (χ2n) is 8.38.